The molecule has 1 aliphatic rings. The van der Waals surface area contributed by atoms with Gasteiger partial charge in [-0.05, 0) is 81.9 Å². The number of hydrogen-bond acceptors (Lipinski definition) is 6. The largest absolute Gasteiger partial charge is 0.496 e. The molecule has 0 unspecified atom stereocenters. The molecule has 0 atom stereocenters. The van der Waals surface area contributed by atoms with Crippen molar-refractivity contribution in [3.05, 3.63) is 159 Å². The quantitative estimate of drug-likeness (QED) is 0.148. The minimum Gasteiger partial charge on any atom is -0.496 e. The van der Waals surface area contributed by atoms with Gasteiger partial charge in [0.2, 0.25) is 5.95 Å². The van der Waals surface area contributed by atoms with E-state index in [1.807, 2.05) is 23.1 Å². The van der Waals surface area contributed by atoms with E-state index in [9.17, 15) is 9.50 Å². The van der Waals surface area contributed by atoms with Crippen LogP contribution in [-0.2, 0) is 12.8 Å². The van der Waals surface area contributed by atoms with Gasteiger partial charge in [0.25, 0.3) is 0 Å². The Balaban J connectivity index is 0.000000235. The SMILES string of the molecule is C.C.COc1ccc(Cc2ccc(F)nc2)c(F)c1-c1cccc(Cl)c1.COc1ccc(Cc2ccc(N3CC(O)C3)nc2)c(F)c1-c1cccc(Cl)c1. The summed E-state index contributed by atoms with van der Waals surface area (Å²) in [4.78, 5) is 10.0. The first kappa shape index (κ1) is 41.7. The van der Waals surface area contributed by atoms with Gasteiger partial charge < -0.3 is 19.5 Å². The van der Waals surface area contributed by atoms with Crippen LogP contribution in [0.3, 0.4) is 0 Å². The Bertz CT molecular complexity index is 2160. The minimum atomic E-state index is -0.562. The van der Waals surface area contributed by atoms with Crippen molar-refractivity contribution in [2.75, 3.05) is 32.2 Å². The molecule has 0 aliphatic carbocycles. The van der Waals surface area contributed by atoms with Crippen molar-refractivity contribution >= 4 is 29.0 Å². The van der Waals surface area contributed by atoms with Crippen LogP contribution >= 0.6 is 23.2 Å². The maximum Gasteiger partial charge on any atom is 0.212 e. The molecule has 6 aromatic rings. The third kappa shape index (κ3) is 9.71. The number of benzene rings is 4. The summed E-state index contributed by atoms with van der Waals surface area (Å²) < 4.78 is 54.0. The summed E-state index contributed by atoms with van der Waals surface area (Å²) in [6.07, 6.45) is 3.59. The van der Waals surface area contributed by atoms with E-state index < -0.39 is 5.95 Å². The standard InChI is InChI=1S/C22H20ClFN2O2.C19H14ClF2NO.2CH4/c1-28-19-7-6-16(22(24)21(19)15-3-2-4-17(23)10-15)9-14-5-8-20(25-11-14)26-12-18(27)13-26;1-24-16-7-6-14(9-12-5-8-17(21)23-11-12)19(22)18(16)13-3-2-4-15(20)10-13;;/h2-8,10-11,18,27H,9,12-13H2,1H3;2-8,10-11H,9H2,1H3;2*1H4. The molecular formula is C43H42Cl2F3N3O3. The molecular weight excluding hydrogens is 734 g/mol. The van der Waals surface area contributed by atoms with Crippen molar-refractivity contribution in [3.8, 4) is 33.8 Å². The van der Waals surface area contributed by atoms with Crippen molar-refractivity contribution in [2.24, 2.45) is 0 Å². The number of rotatable bonds is 9. The van der Waals surface area contributed by atoms with Gasteiger partial charge in [0.05, 0.1) is 31.5 Å². The van der Waals surface area contributed by atoms with E-state index >= 15 is 8.78 Å². The van der Waals surface area contributed by atoms with Crippen LogP contribution in [-0.4, -0.2) is 48.5 Å². The van der Waals surface area contributed by atoms with Gasteiger partial charge >= 0.3 is 0 Å². The number of ether oxygens (including phenoxy) is 2. The number of anilines is 1. The summed E-state index contributed by atoms with van der Waals surface area (Å²) in [5.74, 6) is 0.444. The fourth-order valence-electron chi connectivity index (χ4n) is 5.94. The maximum absolute atomic E-state index is 15.4. The molecule has 0 spiro atoms. The average Bonchev–Trinajstić information content (AvgIpc) is 3.13. The van der Waals surface area contributed by atoms with E-state index in [0.717, 1.165) is 16.9 Å². The molecule has 1 N–H and O–H groups in total. The summed E-state index contributed by atoms with van der Waals surface area (Å²) in [5, 5.41) is 10.5. The third-order valence-corrected chi connectivity index (χ3v) is 9.08. The Kier molecular flexibility index (Phi) is 14.5. The van der Waals surface area contributed by atoms with Crippen LogP contribution in [0.2, 0.25) is 10.0 Å². The third-order valence-electron chi connectivity index (χ3n) is 8.61. The average molecular weight is 777 g/mol. The summed E-state index contributed by atoms with van der Waals surface area (Å²) in [7, 11) is 3.02. The smallest absolute Gasteiger partial charge is 0.212 e. The van der Waals surface area contributed by atoms with Gasteiger partial charge in [0.1, 0.15) is 29.0 Å². The number of nitrogens with zero attached hydrogens (tertiary/aromatic N) is 3. The molecule has 282 valence electrons. The van der Waals surface area contributed by atoms with E-state index in [-0.39, 0.29) is 32.6 Å². The first-order valence-corrected chi connectivity index (χ1v) is 17.1. The molecule has 1 aliphatic heterocycles. The highest BCUT2D eigenvalue weighted by Gasteiger charge is 2.25. The van der Waals surface area contributed by atoms with Gasteiger partial charge in [-0.2, -0.15) is 4.39 Å². The van der Waals surface area contributed by atoms with Gasteiger partial charge in [-0.25, -0.2) is 18.7 Å². The Morgan fingerprint density at radius 2 is 1.15 bits per heavy atom. The number of aromatic nitrogens is 2. The van der Waals surface area contributed by atoms with Gasteiger partial charge in [0, 0.05) is 48.4 Å². The number of halogens is 5. The van der Waals surface area contributed by atoms with E-state index in [0.29, 0.717) is 80.9 Å². The molecule has 11 heteroatoms. The number of β-amino-alcohol motifs (C(OH)–C–C–N with tert-alkyl or cyclic N) is 1. The molecule has 1 fully saturated rings. The van der Waals surface area contributed by atoms with E-state index in [4.69, 9.17) is 32.7 Å². The summed E-state index contributed by atoms with van der Waals surface area (Å²) >= 11 is 12.1. The molecule has 1 saturated heterocycles. The number of aliphatic hydroxyl groups is 1. The second kappa shape index (κ2) is 18.8. The van der Waals surface area contributed by atoms with E-state index in [2.05, 4.69) is 9.97 Å². The lowest BCUT2D eigenvalue weighted by atomic mass is 9.97. The van der Waals surface area contributed by atoms with Crippen LogP contribution in [0, 0.1) is 17.6 Å². The van der Waals surface area contributed by atoms with Gasteiger partial charge in [0.15, 0.2) is 0 Å². The summed E-state index contributed by atoms with van der Waals surface area (Å²) in [5.41, 5.74) is 4.73. The molecule has 54 heavy (non-hydrogen) atoms. The minimum absolute atomic E-state index is 0. The summed E-state index contributed by atoms with van der Waals surface area (Å²) in [6, 6.07) is 27.6. The van der Waals surface area contributed by atoms with Crippen molar-refractivity contribution in [1.29, 1.82) is 0 Å². The fourth-order valence-corrected chi connectivity index (χ4v) is 6.32. The predicted octanol–water partition coefficient (Wildman–Crippen LogP) is 10.9. The second-order valence-electron chi connectivity index (χ2n) is 12.2. The number of methoxy groups -OCH3 is 2. The second-order valence-corrected chi connectivity index (χ2v) is 13.1. The van der Waals surface area contributed by atoms with Gasteiger partial charge in [-0.3, -0.25) is 0 Å². The van der Waals surface area contributed by atoms with Crippen LogP contribution < -0.4 is 14.4 Å². The lowest BCUT2D eigenvalue weighted by Gasteiger charge is -2.36. The first-order chi connectivity index (χ1) is 25.1. The topological polar surface area (TPSA) is 67.7 Å². The molecule has 0 bridgehead atoms. The zero-order chi connectivity index (χ0) is 36.8. The monoisotopic (exact) mass is 775 g/mol. The number of aliphatic hydroxyl groups excluding tert-OH is 1. The van der Waals surface area contributed by atoms with Crippen molar-refractivity contribution in [2.45, 2.75) is 33.8 Å². The molecule has 0 amide bonds. The molecule has 7 rings (SSSR count). The molecule has 6 nitrogen and oxygen atoms in total. The maximum atomic E-state index is 15.4. The highest BCUT2D eigenvalue weighted by atomic mass is 35.5. The van der Waals surface area contributed by atoms with Gasteiger partial charge in [-0.15, -0.1) is 0 Å². The van der Waals surface area contributed by atoms with Crippen molar-refractivity contribution in [1.82, 2.24) is 9.97 Å². The van der Waals surface area contributed by atoms with Gasteiger partial charge in [-0.1, -0.05) is 86.6 Å². The van der Waals surface area contributed by atoms with E-state index in [1.54, 1.807) is 79.0 Å². The van der Waals surface area contributed by atoms with E-state index in [1.165, 1.54) is 26.5 Å². The van der Waals surface area contributed by atoms with Crippen molar-refractivity contribution in [3.63, 3.8) is 0 Å². The summed E-state index contributed by atoms with van der Waals surface area (Å²) in [6.45, 7) is 1.20. The Morgan fingerprint density at radius 3 is 1.54 bits per heavy atom. The predicted molar refractivity (Wildman–Crippen MR) is 213 cm³/mol. The highest BCUT2D eigenvalue weighted by molar-refractivity contribution is 6.31. The number of hydrogen-bond donors (Lipinski definition) is 1. The number of pyridine rings is 2. The Labute approximate surface area is 324 Å². The van der Waals surface area contributed by atoms with Crippen LogP contribution in [0.4, 0.5) is 19.0 Å². The van der Waals surface area contributed by atoms with Crippen LogP contribution in [0.25, 0.3) is 22.3 Å². The Morgan fingerprint density at radius 1 is 0.667 bits per heavy atom. The molecule has 0 radical (unpaired) electrons. The van der Waals surface area contributed by atoms with Crippen molar-refractivity contribution < 1.29 is 27.8 Å². The lowest BCUT2D eigenvalue weighted by molar-refractivity contribution is 0.141. The van der Waals surface area contributed by atoms with Crippen LogP contribution in [0.5, 0.6) is 11.5 Å². The molecule has 3 heterocycles. The van der Waals surface area contributed by atoms with Crippen LogP contribution in [0.15, 0.2) is 109 Å². The zero-order valence-corrected chi connectivity index (χ0v) is 29.8. The van der Waals surface area contributed by atoms with Crippen LogP contribution in [0.1, 0.15) is 37.1 Å². The Hall–Kier alpha value is -5.09. The fraction of sp³-hybridized carbons (Fsp3) is 0.209. The highest BCUT2D eigenvalue weighted by Crippen LogP contribution is 2.37. The zero-order valence-electron chi connectivity index (χ0n) is 28.3. The molecule has 2 aromatic heterocycles. The normalized spacial score (nSPS) is 12.0. The molecule has 4 aromatic carbocycles. The lowest BCUT2D eigenvalue weighted by Crippen LogP contribution is -2.51. The first-order valence-electron chi connectivity index (χ1n) is 16.3. The molecule has 0 saturated carbocycles.